The summed E-state index contributed by atoms with van der Waals surface area (Å²) in [5.41, 5.74) is -0.640. The number of nitrogens with zero attached hydrogens (tertiary/aromatic N) is 1. The molecule has 1 saturated heterocycles. The summed E-state index contributed by atoms with van der Waals surface area (Å²) in [6.07, 6.45) is -3.00. The van der Waals surface area contributed by atoms with Crippen LogP contribution in [0.15, 0.2) is 18.2 Å². The Morgan fingerprint density at radius 1 is 1.28 bits per heavy atom. The Balaban J connectivity index is 2.08. The van der Waals surface area contributed by atoms with Crippen molar-refractivity contribution >= 4 is 23.2 Å². The average molecular weight is 359 g/mol. The highest BCUT2D eigenvalue weighted by atomic mass is 19.4. The Morgan fingerprint density at radius 3 is 2.56 bits per heavy atom. The number of rotatable bonds is 4. The van der Waals surface area contributed by atoms with Crippen LogP contribution in [0.25, 0.3) is 0 Å². The molecule has 0 spiro atoms. The summed E-state index contributed by atoms with van der Waals surface area (Å²) < 4.78 is 43.9. The zero-order valence-electron chi connectivity index (χ0n) is 13.9. The maximum absolute atomic E-state index is 12.9. The summed E-state index contributed by atoms with van der Waals surface area (Å²) in [6, 6.07) is 2.96. The van der Waals surface area contributed by atoms with Gasteiger partial charge in [0.1, 0.15) is 0 Å². The quantitative estimate of drug-likeness (QED) is 0.807. The Morgan fingerprint density at radius 2 is 2.00 bits per heavy atom. The summed E-state index contributed by atoms with van der Waals surface area (Å²) in [6.45, 7) is 0.804. The van der Waals surface area contributed by atoms with Gasteiger partial charge in [0.2, 0.25) is 0 Å². The molecule has 25 heavy (non-hydrogen) atoms. The zero-order valence-corrected chi connectivity index (χ0v) is 13.9. The smallest absolute Gasteiger partial charge is 0.376 e. The van der Waals surface area contributed by atoms with Gasteiger partial charge in [-0.05, 0) is 31.0 Å². The van der Waals surface area contributed by atoms with Crippen LogP contribution < -0.4 is 15.5 Å². The molecule has 0 bridgehead atoms. The van der Waals surface area contributed by atoms with Gasteiger partial charge < -0.3 is 20.3 Å². The second-order valence-corrected chi connectivity index (χ2v) is 5.92. The van der Waals surface area contributed by atoms with Crippen molar-refractivity contribution in [2.24, 2.45) is 0 Å². The number of hydrogen-bond donors (Lipinski definition) is 2. The van der Waals surface area contributed by atoms with Crippen molar-refractivity contribution in [3.8, 4) is 0 Å². The van der Waals surface area contributed by atoms with E-state index < -0.39 is 23.6 Å². The third kappa shape index (κ3) is 5.09. The van der Waals surface area contributed by atoms with E-state index in [2.05, 4.69) is 10.6 Å². The number of hydrogen-bond acceptors (Lipinski definition) is 4. The maximum Gasteiger partial charge on any atom is 0.416 e. The Hall–Kier alpha value is -2.29. The second-order valence-electron chi connectivity index (χ2n) is 5.92. The molecule has 0 aromatic heterocycles. The van der Waals surface area contributed by atoms with Crippen molar-refractivity contribution < 1.29 is 27.5 Å². The Bertz CT molecular complexity index is 641. The first-order valence-corrected chi connectivity index (χ1v) is 7.78. The number of nitrogens with one attached hydrogen (secondary N) is 2. The molecular formula is C16H20F3N3O3. The fraction of sp³-hybridized carbons (Fsp3) is 0.500. The third-order valence-corrected chi connectivity index (χ3v) is 3.77. The van der Waals surface area contributed by atoms with Gasteiger partial charge in [-0.2, -0.15) is 13.2 Å². The Kier molecular flexibility index (Phi) is 5.89. The molecule has 2 amide bonds. The standard InChI is InChI=1S/C16H20F3N3O3/c1-22(2)13-6-5-10(16(17,18)19)8-12(13)21-15(24)14(23)20-9-11-4-3-7-25-11/h5-6,8,11H,3-4,7,9H2,1-2H3,(H,20,23)(H,21,24)/t11-/m0/s1. The summed E-state index contributed by atoms with van der Waals surface area (Å²) in [7, 11) is 3.24. The average Bonchev–Trinajstić information content (AvgIpc) is 3.04. The van der Waals surface area contributed by atoms with Crippen LogP contribution in [0.5, 0.6) is 0 Å². The molecule has 0 saturated carbocycles. The highest BCUT2D eigenvalue weighted by molar-refractivity contribution is 6.40. The van der Waals surface area contributed by atoms with Crippen LogP contribution in [0.4, 0.5) is 24.5 Å². The number of carbonyl (C=O) groups excluding carboxylic acids is 2. The van der Waals surface area contributed by atoms with Crippen molar-refractivity contribution in [1.82, 2.24) is 5.32 Å². The second kappa shape index (κ2) is 7.73. The van der Waals surface area contributed by atoms with Gasteiger partial charge in [-0.3, -0.25) is 9.59 Å². The van der Waals surface area contributed by atoms with Crippen LogP contribution in [0.1, 0.15) is 18.4 Å². The van der Waals surface area contributed by atoms with Gasteiger partial charge in [0.05, 0.1) is 23.0 Å². The summed E-state index contributed by atoms with van der Waals surface area (Å²) in [5, 5.41) is 4.67. The van der Waals surface area contributed by atoms with E-state index >= 15 is 0 Å². The van der Waals surface area contributed by atoms with E-state index in [1.807, 2.05) is 0 Å². The molecule has 1 atom stereocenters. The first-order chi connectivity index (χ1) is 11.7. The summed E-state index contributed by atoms with van der Waals surface area (Å²) >= 11 is 0. The summed E-state index contributed by atoms with van der Waals surface area (Å²) in [5.74, 6) is -1.95. The first-order valence-electron chi connectivity index (χ1n) is 7.78. The van der Waals surface area contributed by atoms with E-state index in [1.165, 1.54) is 6.07 Å². The minimum Gasteiger partial charge on any atom is -0.376 e. The molecular weight excluding hydrogens is 339 g/mol. The molecule has 1 fully saturated rings. The SMILES string of the molecule is CN(C)c1ccc(C(F)(F)F)cc1NC(=O)C(=O)NC[C@@H]1CCCO1. The number of anilines is 2. The molecule has 1 aromatic rings. The van der Waals surface area contributed by atoms with E-state index in [0.717, 1.165) is 25.0 Å². The van der Waals surface area contributed by atoms with Crippen LogP contribution in [0.3, 0.4) is 0 Å². The predicted molar refractivity (Wildman–Crippen MR) is 86.4 cm³/mol. The van der Waals surface area contributed by atoms with Crippen LogP contribution >= 0.6 is 0 Å². The lowest BCUT2D eigenvalue weighted by atomic mass is 10.1. The number of carbonyl (C=O) groups is 2. The molecule has 1 heterocycles. The predicted octanol–water partition coefficient (Wildman–Crippen LogP) is 2.01. The van der Waals surface area contributed by atoms with Gasteiger partial charge >= 0.3 is 18.0 Å². The number of halogens is 3. The van der Waals surface area contributed by atoms with E-state index in [0.29, 0.717) is 12.3 Å². The molecule has 6 nitrogen and oxygen atoms in total. The fourth-order valence-corrected chi connectivity index (χ4v) is 2.47. The molecule has 1 aromatic carbocycles. The first kappa shape index (κ1) is 19.0. The molecule has 1 aliphatic heterocycles. The highest BCUT2D eigenvalue weighted by Gasteiger charge is 2.31. The van der Waals surface area contributed by atoms with Crippen LogP contribution in [-0.4, -0.2) is 45.2 Å². The molecule has 9 heteroatoms. The van der Waals surface area contributed by atoms with E-state index in [9.17, 15) is 22.8 Å². The number of benzene rings is 1. The molecule has 0 radical (unpaired) electrons. The van der Waals surface area contributed by atoms with Gasteiger partial charge in [-0.25, -0.2) is 0 Å². The lowest BCUT2D eigenvalue weighted by Crippen LogP contribution is -2.39. The Labute approximate surface area is 143 Å². The van der Waals surface area contributed by atoms with Gasteiger partial charge in [-0.1, -0.05) is 0 Å². The molecule has 0 unspecified atom stereocenters. The molecule has 138 valence electrons. The van der Waals surface area contributed by atoms with Crippen LogP contribution in [0, 0.1) is 0 Å². The molecule has 1 aliphatic rings. The lowest BCUT2D eigenvalue weighted by Gasteiger charge is -2.19. The van der Waals surface area contributed by atoms with Crippen molar-refractivity contribution in [2.75, 3.05) is 37.5 Å². The van der Waals surface area contributed by atoms with Crippen LogP contribution in [0.2, 0.25) is 0 Å². The van der Waals surface area contributed by atoms with Crippen LogP contribution in [-0.2, 0) is 20.5 Å². The number of alkyl halides is 3. The lowest BCUT2D eigenvalue weighted by molar-refractivity contribution is -0.137. The minimum absolute atomic E-state index is 0.0860. The number of amides is 2. The highest BCUT2D eigenvalue weighted by Crippen LogP contribution is 2.34. The van der Waals surface area contributed by atoms with Crippen molar-refractivity contribution in [1.29, 1.82) is 0 Å². The maximum atomic E-state index is 12.9. The van der Waals surface area contributed by atoms with Gasteiger partial charge in [-0.15, -0.1) is 0 Å². The molecule has 2 rings (SSSR count). The van der Waals surface area contributed by atoms with Crippen molar-refractivity contribution in [2.45, 2.75) is 25.1 Å². The van der Waals surface area contributed by atoms with Gasteiger partial charge in [0, 0.05) is 27.2 Å². The van der Waals surface area contributed by atoms with Gasteiger partial charge in [0.15, 0.2) is 0 Å². The molecule has 2 N–H and O–H groups in total. The van der Waals surface area contributed by atoms with E-state index in [1.54, 1.807) is 19.0 Å². The topological polar surface area (TPSA) is 70.7 Å². The third-order valence-electron chi connectivity index (χ3n) is 3.77. The minimum atomic E-state index is -4.55. The monoisotopic (exact) mass is 359 g/mol. The van der Waals surface area contributed by atoms with E-state index in [-0.39, 0.29) is 18.3 Å². The van der Waals surface area contributed by atoms with Gasteiger partial charge in [0.25, 0.3) is 0 Å². The summed E-state index contributed by atoms with van der Waals surface area (Å²) in [4.78, 5) is 25.4. The van der Waals surface area contributed by atoms with Crippen molar-refractivity contribution in [3.05, 3.63) is 23.8 Å². The number of ether oxygens (including phenoxy) is 1. The van der Waals surface area contributed by atoms with Crippen molar-refractivity contribution in [3.63, 3.8) is 0 Å². The normalized spacial score (nSPS) is 17.2. The fourth-order valence-electron chi connectivity index (χ4n) is 2.47. The zero-order chi connectivity index (χ0) is 18.6. The largest absolute Gasteiger partial charge is 0.416 e. The molecule has 0 aliphatic carbocycles. The van der Waals surface area contributed by atoms with E-state index in [4.69, 9.17) is 4.74 Å².